The Morgan fingerprint density at radius 2 is 1.73 bits per heavy atom. The molecule has 0 saturated carbocycles. The van der Waals surface area contributed by atoms with Gasteiger partial charge in [-0.1, -0.05) is 54.1 Å². The number of fused-ring (bicyclic) bond motifs is 1. The van der Waals surface area contributed by atoms with Crippen LogP contribution in [0, 0.1) is 6.92 Å². The normalized spacial score (nSPS) is 14.9. The lowest BCUT2D eigenvalue weighted by Crippen LogP contribution is -2.54. The Morgan fingerprint density at radius 3 is 2.51 bits per heavy atom. The lowest BCUT2D eigenvalue weighted by molar-refractivity contribution is -0.122. The molecule has 0 bridgehead atoms. The first-order valence-corrected chi connectivity index (χ1v) is 12.2. The van der Waals surface area contributed by atoms with Gasteiger partial charge in [-0.2, -0.15) is 0 Å². The number of rotatable bonds is 7. The number of nitrogens with one attached hydrogen (secondary N) is 1. The van der Waals surface area contributed by atoms with E-state index in [0.717, 1.165) is 33.5 Å². The quantitative estimate of drug-likeness (QED) is 0.194. The topological polar surface area (TPSA) is 80.6 Å². The number of carbonyl (C=O) groups is 3. The zero-order chi connectivity index (χ0) is 25.9. The molecule has 8 heteroatoms. The largest absolute Gasteiger partial charge is 0.494 e. The summed E-state index contributed by atoms with van der Waals surface area (Å²) in [7, 11) is 0. The van der Waals surface area contributed by atoms with Crippen molar-refractivity contribution in [2.24, 2.45) is 0 Å². The number of benzene rings is 3. The van der Waals surface area contributed by atoms with Crippen molar-refractivity contribution in [1.82, 2.24) is 9.88 Å². The van der Waals surface area contributed by atoms with Crippen LogP contribution in [-0.4, -0.2) is 29.0 Å². The summed E-state index contributed by atoms with van der Waals surface area (Å²) in [4.78, 5) is 39.5. The van der Waals surface area contributed by atoms with Crippen LogP contribution in [0.3, 0.4) is 0 Å². The number of halogens is 1. The lowest BCUT2D eigenvalue weighted by atomic mass is 10.1. The van der Waals surface area contributed by atoms with E-state index in [1.165, 1.54) is 12.1 Å². The Bertz CT molecular complexity index is 1540. The number of anilines is 1. The Balaban J connectivity index is 1.42. The predicted molar refractivity (Wildman–Crippen MR) is 144 cm³/mol. The second-order valence-corrected chi connectivity index (χ2v) is 9.11. The third-order valence-electron chi connectivity index (χ3n) is 6.19. The molecule has 4 amide bonds. The maximum absolute atomic E-state index is 13.3. The molecule has 1 aliphatic heterocycles. The molecule has 3 aromatic carbocycles. The summed E-state index contributed by atoms with van der Waals surface area (Å²) in [6, 6.07) is 21.5. The van der Waals surface area contributed by atoms with Crippen molar-refractivity contribution in [1.29, 1.82) is 0 Å². The van der Waals surface area contributed by atoms with E-state index in [-0.39, 0.29) is 11.3 Å². The summed E-state index contributed by atoms with van der Waals surface area (Å²) in [5.74, 6) is -0.625. The smallest absolute Gasteiger partial charge is 0.335 e. The Morgan fingerprint density at radius 1 is 0.973 bits per heavy atom. The number of aromatic nitrogens is 1. The molecule has 1 saturated heterocycles. The molecule has 0 atom stereocenters. The van der Waals surface area contributed by atoms with E-state index in [1.54, 1.807) is 12.1 Å². The molecule has 37 heavy (non-hydrogen) atoms. The van der Waals surface area contributed by atoms with Gasteiger partial charge in [0.2, 0.25) is 0 Å². The molecule has 186 valence electrons. The van der Waals surface area contributed by atoms with E-state index in [1.807, 2.05) is 67.7 Å². The Kier molecular flexibility index (Phi) is 6.79. The average Bonchev–Trinajstić information content (AvgIpc) is 3.24. The highest BCUT2D eigenvalue weighted by atomic mass is 35.5. The van der Waals surface area contributed by atoms with Crippen LogP contribution in [0.5, 0.6) is 5.75 Å². The van der Waals surface area contributed by atoms with Gasteiger partial charge in [-0.15, -0.1) is 0 Å². The monoisotopic (exact) mass is 513 g/mol. The van der Waals surface area contributed by atoms with Gasteiger partial charge in [0.1, 0.15) is 11.3 Å². The average molecular weight is 514 g/mol. The Hall–Kier alpha value is -4.36. The van der Waals surface area contributed by atoms with Crippen LogP contribution in [0.15, 0.2) is 84.6 Å². The third kappa shape index (κ3) is 4.99. The van der Waals surface area contributed by atoms with Crippen molar-refractivity contribution >= 4 is 52.1 Å². The standard InChI is InChI=1S/C29H24ClN3O4/c1-19-12-13-21(17-25(19)30)33-28(35)24(27(34)31-29(33)36)16-20-18-32(26-11-6-5-10-23(20)26)14-7-15-37-22-8-3-2-4-9-22/h2-6,8-13,16-18H,7,14-15H2,1H3,(H,31,34,36). The summed E-state index contributed by atoms with van der Waals surface area (Å²) in [6.45, 7) is 3.05. The molecule has 2 heterocycles. The SMILES string of the molecule is Cc1ccc(N2C(=O)NC(=O)C(=Cc3cn(CCCOc4ccccc4)c4ccccc34)C2=O)cc1Cl. The van der Waals surface area contributed by atoms with Gasteiger partial charge in [0.05, 0.1) is 12.3 Å². The number of ether oxygens (including phenoxy) is 1. The van der Waals surface area contributed by atoms with E-state index >= 15 is 0 Å². The molecule has 4 aromatic rings. The minimum atomic E-state index is -0.812. The van der Waals surface area contributed by atoms with Crippen molar-refractivity contribution in [3.63, 3.8) is 0 Å². The van der Waals surface area contributed by atoms with Gasteiger partial charge in [0.15, 0.2) is 0 Å². The number of barbiturate groups is 1. The second-order valence-electron chi connectivity index (χ2n) is 8.70. The number of nitrogens with zero attached hydrogens (tertiary/aromatic N) is 2. The van der Waals surface area contributed by atoms with Gasteiger partial charge < -0.3 is 9.30 Å². The summed E-state index contributed by atoms with van der Waals surface area (Å²) in [5.41, 5.74) is 2.64. The molecule has 0 unspecified atom stereocenters. The molecule has 1 aromatic heterocycles. The van der Waals surface area contributed by atoms with Crippen molar-refractivity contribution in [3.8, 4) is 5.75 Å². The van der Waals surface area contributed by atoms with E-state index in [4.69, 9.17) is 16.3 Å². The number of hydrogen-bond acceptors (Lipinski definition) is 4. The van der Waals surface area contributed by atoms with Crippen molar-refractivity contribution in [2.45, 2.75) is 19.9 Å². The van der Waals surface area contributed by atoms with Crippen molar-refractivity contribution < 1.29 is 19.1 Å². The molecular formula is C29H24ClN3O4. The van der Waals surface area contributed by atoms with Crippen LogP contribution in [-0.2, 0) is 16.1 Å². The highest BCUT2D eigenvalue weighted by Gasteiger charge is 2.37. The number of urea groups is 1. The third-order valence-corrected chi connectivity index (χ3v) is 6.60. The fourth-order valence-corrected chi connectivity index (χ4v) is 4.46. The molecule has 5 rings (SSSR count). The van der Waals surface area contributed by atoms with Crippen LogP contribution in [0.1, 0.15) is 17.5 Å². The number of hydrogen-bond donors (Lipinski definition) is 1. The van der Waals surface area contributed by atoms with E-state index in [2.05, 4.69) is 9.88 Å². The van der Waals surface area contributed by atoms with E-state index in [0.29, 0.717) is 23.7 Å². The molecule has 1 aliphatic rings. The summed E-state index contributed by atoms with van der Waals surface area (Å²) >= 11 is 6.22. The molecule has 1 fully saturated rings. The van der Waals surface area contributed by atoms with Gasteiger partial charge >= 0.3 is 6.03 Å². The number of carbonyl (C=O) groups excluding carboxylic acids is 3. The van der Waals surface area contributed by atoms with Gasteiger partial charge in [0.25, 0.3) is 11.8 Å². The summed E-state index contributed by atoms with van der Waals surface area (Å²) in [6.07, 6.45) is 4.20. The molecule has 0 aliphatic carbocycles. The van der Waals surface area contributed by atoms with Crippen LogP contribution in [0.25, 0.3) is 17.0 Å². The van der Waals surface area contributed by atoms with Crippen LogP contribution < -0.4 is 15.0 Å². The number of para-hydroxylation sites is 2. The van der Waals surface area contributed by atoms with Crippen LogP contribution in [0.4, 0.5) is 10.5 Å². The highest BCUT2D eigenvalue weighted by molar-refractivity contribution is 6.39. The molecule has 1 N–H and O–H groups in total. The number of aryl methyl sites for hydroxylation is 2. The summed E-state index contributed by atoms with van der Waals surface area (Å²) < 4.78 is 7.88. The maximum atomic E-state index is 13.3. The fraction of sp³-hybridized carbons (Fsp3) is 0.138. The lowest BCUT2D eigenvalue weighted by Gasteiger charge is -2.26. The van der Waals surface area contributed by atoms with Crippen molar-refractivity contribution in [2.75, 3.05) is 11.5 Å². The minimum absolute atomic E-state index is 0.133. The molecule has 0 spiro atoms. The second kappa shape index (κ2) is 10.3. The van der Waals surface area contributed by atoms with Gasteiger partial charge in [-0.3, -0.25) is 14.9 Å². The number of amides is 4. The van der Waals surface area contributed by atoms with Crippen molar-refractivity contribution in [3.05, 3.63) is 101 Å². The zero-order valence-electron chi connectivity index (χ0n) is 20.1. The first-order valence-electron chi connectivity index (χ1n) is 11.9. The predicted octanol–water partition coefficient (Wildman–Crippen LogP) is 5.74. The van der Waals surface area contributed by atoms with E-state index < -0.39 is 17.8 Å². The van der Waals surface area contributed by atoms with Gasteiger partial charge in [-0.05, 0) is 55.3 Å². The van der Waals surface area contributed by atoms with Gasteiger partial charge in [0, 0.05) is 34.2 Å². The summed E-state index contributed by atoms with van der Waals surface area (Å²) in [5, 5.41) is 3.57. The number of imide groups is 2. The zero-order valence-corrected chi connectivity index (χ0v) is 20.9. The molecule has 7 nitrogen and oxygen atoms in total. The highest BCUT2D eigenvalue weighted by Crippen LogP contribution is 2.29. The van der Waals surface area contributed by atoms with Crippen LogP contribution >= 0.6 is 11.6 Å². The first-order chi connectivity index (χ1) is 17.9. The fourth-order valence-electron chi connectivity index (χ4n) is 4.29. The van der Waals surface area contributed by atoms with Crippen LogP contribution in [0.2, 0.25) is 5.02 Å². The minimum Gasteiger partial charge on any atom is -0.494 e. The Labute approximate surface area is 218 Å². The molecular weight excluding hydrogens is 490 g/mol. The first kappa shape index (κ1) is 24.3. The van der Waals surface area contributed by atoms with Gasteiger partial charge in [-0.25, -0.2) is 9.69 Å². The van der Waals surface area contributed by atoms with E-state index in [9.17, 15) is 14.4 Å². The maximum Gasteiger partial charge on any atom is 0.335 e. The molecule has 0 radical (unpaired) electrons.